The molecule has 0 amide bonds. The topological polar surface area (TPSA) is 18.5 Å². The summed E-state index contributed by atoms with van der Waals surface area (Å²) >= 11 is 5.65. The highest BCUT2D eigenvalue weighted by molar-refractivity contribution is 6.17. The van der Waals surface area contributed by atoms with Gasteiger partial charge >= 0.3 is 0 Å². The predicted octanol–water partition coefficient (Wildman–Crippen LogP) is 5.03. The first-order valence-corrected chi connectivity index (χ1v) is 7.63. The van der Waals surface area contributed by atoms with E-state index in [1.54, 1.807) is 7.11 Å². The van der Waals surface area contributed by atoms with Crippen molar-refractivity contribution in [1.82, 2.24) is 0 Å². The van der Waals surface area contributed by atoms with E-state index in [4.69, 9.17) is 21.1 Å². The molecule has 0 bridgehead atoms. The van der Waals surface area contributed by atoms with E-state index in [1.165, 1.54) is 23.6 Å². The van der Waals surface area contributed by atoms with Gasteiger partial charge in [0.25, 0.3) is 0 Å². The summed E-state index contributed by atoms with van der Waals surface area (Å²) in [5.74, 6) is 2.57. The van der Waals surface area contributed by atoms with Gasteiger partial charge in [-0.15, -0.1) is 11.6 Å². The van der Waals surface area contributed by atoms with Crippen LogP contribution in [0.2, 0.25) is 0 Å². The summed E-state index contributed by atoms with van der Waals surface area (Å²) < 4.78 is 11.0. The van der Waals surface area contributed by atoms with Crippen LogP contribution < -0.4 is 9.47 Å². The number of alkyl halides is 1. The Labute approximate surface area is 125 Å². The molecule has 3 heteroatoms. The molecule has 0 spiro atoms. The smallest absolute Gasteiger partial charge is 0.119 e. The van der Waals surface area contributed by atoms with Gasteiger partial charge in [0.15, 0.2) is 0 Å². The quantitative estimate of drug-likeness (QED) is 0.502. The summed E-state index contributed by atoms with van der Waals surface area (Å²) in [5.41, 5.74) is 0. The first-order valence-electron chi connectivity index (χ1n) is 7.10. The summed E-state index contributed by atoms with van der Waals surface area (Å²) in [5, 5.41) is 2.34. The van der Waals surface area contributed by atoms with Crippen LogP contribution in [0.3, 0.4) is 0 Å². The molecule has 0 heterocycles. The van der Waals surface area contributed by atoms with E-state index < -0.39 is 0 Å². The Morgan fingerprint density at radius 2 is 1.50 bits per heavy atom. The van der Waals surface area contributed by atoms with E-state index in [0.29, 0.717) is 0 Å². The molecule has 2 aromatic carbocycles. The third kappa shape index (κ3) is 4.31. The Morgan fingerprint density at radius 1 is 0.850 bits per heavy atom. The number of halogens is 1. The van der Waals surface area contributed by atoms with Crippen molar-refractivity contribution < 1.29 is 9.47 Å². The van der Waals surface area contributed by atoms with Crippen LogP contribution in [0.4, 0.5) is 0 Å². The van der Waals surface area contributed by atoms with Crippen LogP contribution in [0.25, 0.3) is 10.8 Å². The number of hydrogen-bond acceptors (Lipinski definition) is 2. The molecule has 0 saturated carbocycles. The van der Waals surface area contributed by atoms with Crippen LogP contribution in [0, 0.1) is 0 Å². The molecule has 0 atom stereocenters. The molecule has 0 aromatic heterocycles. The molecular weight excluding hydrogens is 272 g/mol. The Bertz CT molecular complexity index is 540. The third-order valence-corrected chi connectivity index (χ3v) is 3.58. The number of benzene rings is 2. The minimum atomic E-state index is 0.759. The Kier molecular flexibility index (Phi) is 6.00. The van der Waals surface area contributed by atoms with Crippen molar-refractivity contribution in [2.75, 3.05) is 19.6 Å². The lowest BCUT2D eigenvalue weighted by atomic mass is 10.1. The van der Waals surface area contributed by atoms with Crippen LogP contribution in [0.5, 0.6) is 11.5 Å². The average molecular weight is 293 g/mol. The van der Waals surface area contributed by atoms with E-state index in [0.717, 1.165) is 36.8 Å². The van der Waals surface area contributed by atoms with E-state index in [2.05, 4.69) is 18.2 Å². The molecule has 0 N–H and O–H groups in total. The molecule has 0 saturated heterocycles. The van der Waals surface area contributed by atoms with Crippen molar-refractivity contribution in [1.29, 1.82) is 0 Å². The van der Waals surface area contributed by atoms with Crippen LogP contribution in [-0.2, 0) is 0 Å². The van der Waals surface area contributed by atoms with Crippen molar-refractivity contribution in [3.8, 4) is 11.5 Å². The van der Waals surface area contributed by atoms with Crippen LogP contribution >= 0.6 is 11.6 Å². The van der Waals surface area contributed by atoms with Gasteiger partial charge in [-0.3, -0.25) is 0 Å². The Morgan fingerprint density at radius 3 is 2.20 bits per heavy atom. The fraction of sp³-hybridized carbons (Fsp3) is 0.412. The maximum atomic E-state index is 5.79. The monoisotopic (exact) mass is 292 g/mol. The lowest BCUT2D eigenvalue weighted by molar-refractivity contribution is 0.305. The molecule has 2 aromatic rings. The molecule has 0 aliphatic rings. The summed E-state index contributed by atoms with van der Waals surface area (Å²) in [7, 11) is 1.68. The number of unbranched alkanes of at least 4 members (excludes halogenated alkanes) is 3. The van der Waals surface area contributed by atoms with Gasteiger partial charge in [-0.05, 0) is 47.9 Å². The molecule has 0 radical (unpaired) electrons. The van der Waals surface area contributed by atoms with Gasteiger partial charge in [0.1, 0.15) is 11.5 Å². The molecule has 0 fully saturated rings. The highest BCUT2D eigenvalue weighted by atomic mass is 35.5. The number of rotatable bonds is 8. The maximum absolute atomic E-state index is 5.79. The first-order chi connectivity index (χ1) is 9.83. The summed E-state index contributed by atoms with van der Waals surface area (Å²) in [6, 6.07) is 12.2. The fourth-order valence-electron chi connectivity index (χ4n) is 2.16. The zero-order chi connectivity index (χ0) is 14.2. The number of ether oxygens (including phenoxy) is 2. The van der Waals surface area contributed by atoms with Crippen molar-refractivity contribution in [2.45, 2.75) is 25.7 Å². The van der Waals surface area contributed by atoms with Gasteiger partial charge in [-0.2, -0.15) is 0 Å². The zero-order valence-corrected chi connectivity index (χ0v) is 12.7. The van der Waals surface area contributed by atoms with Gasteiger partial charge in [0, 0.05) is 5.88 Å². The standard InChI is InChI=1S/C17H21ClO2/c1-19-16-8-6-15-13-17(9-7-14(15)12-16)20-11-5-3-2-4-10-18/h6-9,12-13H,2-5,10-11H2,1H3. The predicted molar refractivity (Wildman–Crippen MR) is 85.2 cm³/mol. The van der Waals surface area contributed by atoms with Gasteiger partial charge in [0.05, 0.1) is 13.7 Å². The lowest BCUT2D eigenvalue weighted by Crippen LogP contribution is -1.97. The largest absolute Gasteiger partial charge is 0.497 e. The molecular formula is C17H21ClO2. The van der Waals surface area contributed by atoms with Crippen LogP contribution in [0.1, 0.15) is 25.7 Å². The minimum absolute atomic E-state index is 0.759. The summed E-state index contributed by atoms with van der Waals surface area (Å²) in [4.78, 5) is 0. The number of fused-ring (bicyclic) bond motifs is 1. The van der Waals surface area contributed by atoms with Gasteiger partial charge < -0.3 is 9.47 Å². The first kappa shape index (κ1) is 15.0. The van der Waals surface area contributed by atoms with E-state index in [9.17, 15) is 0 Å². The van der Waals surface area contributed by atoms with Crippen molar-refractivity contribution in [2.24, 2.45) is 0 Å². The van der Waals surface area contributed by atoms with Gasteiger partial charge in [-0.25, -0.2) is 0 Å². The second-order valence-electron chi connectivity index (χ2n) is 4.83. The second-order valence-corrected chi connectivity index (χ2v) is 5.20. The average Bonchev–Trinajstić information content (AvgIpc) is 2.50. The van der Waals surface area contributed by atoms with Crippen molar-refractivity contribution in [3.63, 3.8) is 0 Å². The molecule has 2 rings (SSSR count). The molecule has 2 nitrogen and oxygen atoms in total. The SMILES string of the molecule is COc1ccc2cc(OCCCCCCCl)ccc2c1. The summed E-state index contributed by atoms with van der Waals surface area (Å²) in [6.45, 7) is 0.768. The highest BCUT2D eigenvalue weighted by Crippen LogP contribution is 2.24. The van der Waals surface area contributed by atoms with Crippen LogP contribution in [0.15, 0.2) is 36.4 Å². The Balaban J connectivity index is 1.88. The van der Waals surface area contributed by atoms with Crippen molar-refractivity contribution in [3.05, 3.63) is 36.4 Å². The van der Waals surface area contributed by atoms with E-state index in [1.807, 2.05) is 18.2 Å². The van der Waals surface area contributed by atoms with E-state index >= 15 is 0 Å². The summed E-state index contributed by atoms with van der Waals surface area (Å²) in [6.07, 6.45) is 4.54. The van der Waals surface area contributed by atoms with Gasteiger partial charge in [-0.1, -0.05) is 25.0 Å². The normalized spacial score (nSPS) is 10.7. The van der Waals surface area contributed by atoms with Gasteiger partial charge in [0.2, 0.25) is 0 Å². The molecule has 0 unspecified atom stereocenters. The minimum Gasteiger partial charge on any atom is -0.497 e. The van der Waals surface area contributed by atoms with E-state index in [-0.39, 0.29) is 0 Å². The molecule has 20 heavy (non-hydrogen) atoms. The zero-order valence-electron chi connectivity index (χ0n) is 11.9. The fourth-order valence-corrected chi connectivity index (χ4v) is 2.35. The molecule has 0 aliphatic carbocycles. The maximum Gasteiger partial charge on any atom is 0.119 e. The lowest BCUT2D eigenvalue weighted by Gasteiger charge is -2.08. The number of hydrogen-bond donors (Lipinski definition) is 0. The van der Waals surface area contributed by atoms with Crippen LogP contribution in [-0.4, -0.2) is 19.6 Å². The third-order valence-electron chi connectivity index (χ3n) is 3.32. The highest BCUT2D eigenvalue weighted by Gasteiger charge is 2.00. The molecule has 108 valence electrons. The molecule has 0 aliphatic heterocycles. The Hall–Kier alpha value is -1.41. The number of methoxy groups -OCH3 is 1. The van der Waals surface area contributed by atoms with Crippen molar-refractivity contribution >= 4 is 22.4 Å². The second kappa shape index (κ2) is 8.01.